The number of hydrogen-bond donors (Lipinski definition) is 1. The highest BCUT2D eigenvalue weighted by Gasteiger charge is 2.42. The zero-order valence-electron chi connectivity index (χ0n) is 21.1. The molecule has 2 aliphatic heterocycles. The second-order valence-electron chi connectivity index (χ2n) is 10.8. The Hall–Kier alpha value is -2.41. The first-order chi connectivity index (χ1) is 16.4. The lowest BCUT2D eigenvalue weighted by molar-refractivity contribution is -0.0400. The highest BCUT2D eigenvalue weighted by Crippen LogP contribution is 2.41. The van der Waals surface area contributed by atoms with Crippen LogP contribution in [-0.2, 0) is 11.9 Å². The lowest BCUT2D eigenvalue weighted by Crippen LogP contribution is -2.42. The van der Waals surface area contributed by atoms with Crippen LogP contribution in [0.2, 0.25) is 0 Å². The Kier molecular flexibility index (Phi) is 6.65. The first kappa shape index (κ1) is 23.3. The number of benzene rings is 1. The Morgan fingerprint density at radius 3 is 2.53 bits per heavy atom. The minimum absolute atomic E-state index is 0.0270. The topological polar surface area (TPSA) is 73.6 Å². The van der Waals surface area contributed by atoms with E-state index >= 15 is 0 Å². The zero-order valence-corrected chi connectivity index (χ0v) is 21.1. The molecule has 2 fully saturated rings. The third kappa shape index (κ3) is 4.72. The molecule has 2 aromatic rings. The standard InChI is InChI=1S/C27H39N5O2/c1-18(2)22-6-5-7-23(16-22)33-19(3)25-29-30-26(32(25)4)21-10-8-20(9-11-21)24-17-27(34-31-24)12-14-28-15-13-27/h5-7,16,18-21,28H,8-15,17H2,1-4H3. The smallest absolute Gasteiger partial charge is 0.173 e. The number of hydrogen-bond acceptors (Lipinski definition) is 6. The van der Waals surface area contributed by atoms with E-state index in [4.69, 9.17) is 9.57 Å². The molecular weight excluding hydrogens is 426 g/mol. The molecule has 1 saturated carbocycles. The third-order valence-electron chi connectivity index (χ3n) is 8.08. The summed E-state index contributed by atoms with van der Waals surface area (Å²) < 4.78 is 8.41. The first-order valence-electron chi connectivity index (χ1n) is 13.1. The van der Waals surface area contributed by atoms with Gasteiger partial charge in [0.05, 0.1) is 5.71 Å². The highest BCUT2D eigenvalue weighted by molar-refractivity contribution is 5.88. The van der Waals surface area contributed by atoms with Crippen molar-refractivity contribution >= 4 is 5.71 Å². The van der Waals surface area contributed by atoms with Crippen molar-refractivity contribution < 1.29 is 9.57 Å². The van der Waals surface area contributed by atoms with Gasteiger partial charge >= 0.3 is 0 Å². The van der Waals surface area contributed by atoms with Crippen LogP contribution < -0.4 is 10.1 Å². The summed E-state index contributed by atoms with van der Waals surface area (Å²) in [7, 11) is 2.08. The molecule has 1 aromatic heterocycles. The third-order valence-corrected chi connectivity index (χ3v) is 8.08. The van der Waals surface area contributed by atoms with Crippen LogP contribution in [0.1, 0.15) is 101 Å². The van der Waals surface area contributed by atoms with Gasteiger partial charge in [0.1, 0.15) is 17.2 Å². The molecule has 1 aromatic carbocycles. The van der Waals surface area contributed by atoms with Crippen molar-refractivity contribution in [2.45, 2.75) is 89.3 Å². The van der Waals surface area contributed by atoms with Gasteiger partial charge in [-0.15, -0.1) is 10.2 Å². The number of nitrogens with zero attached hydrogens (tertiary/aromatic N) is 4. The average Bonchev–Trinajstić information content (AvgIpc) is 3.43. The van der Waals surface area contributed by atoms with Gasteiger partial charge in [-0.25, -0.2) is 0 Å². The van der Waals surface area contributed by atoms with Gasteiger partial charge in [0.25, 0.3) is 0 Å². The molecule has 0 radical (unpaired) electrons. The molecule has 3 heterocycles. The van der Waals surface area contributed by atoms with Crippen LogP contribution in [0.4, 0.5) is 0 Å². The Balaban J connectivity index is 1.19. The molecule has 1 spiro atoms. The van der Waals surface area contributed by atoms with E-state index in [1.54, 1.807) is 0 Å². The van der Waals surface area contributed by atoms with Crippen molar-refractivity contribution in [3.63, 3.8) is 0 Å². The van der Waals surface area contributed by atoms with Gasteiger partial charge in [-0.3, -0.25) is 0 Å². The number of ether oxygens (including phenoxy) is 1. The van der Waals surface area contributed by atoms with Gasteiger partial charge in [0.2, 0.25) is 0 Å². The summed E-state index contributed by atoms with van der Waals surface area (Å²) >= 11 is 0. The summed E-state index contributed by atoms with van der Waals surface area (Å²) in [5.41, 5.74) is 2.55. The van der Waals surface area contributed by atoms with Crippen molar-refractivity contribution in [1.29, 1.82) is 0 Å². The number of rotatable bonds is 6. The van der Waals surface area contributed by atoms with E-state index in [0.717, 1.165) is 75.4 Å². The van der Waals surface area contributed by atoms with Crippen LogP contribution >= 0.6 is 0 Å². The summed E-state index contributed by atoms with van der Waals surface area (Å²) in [5, 5.41) is 17.2. The molecular formula is C27H39N5O2. The Labute approximate surface area is 203 Å². The van der Waals surface area contributed by atoms with E-state index in [2.05, 4.69) is 71.3 Å². The molecule has 3 aliphatic rings. The number of oxime groups is 1. The molecule has 0 amide bonds. The van der Waals surface area contributed by atoms with Crippen LogP contribution in [0.3, 0.4) is 0 Å². The van der Waals surface area contributed by atoms with Gasteiger partial charge in [0.15, 0.2) is 11.9 Å². The van der Waals surface area contributed by atoms with Gasteiger partial charge in [-0.1, -0.05) is 31.1 Å². The maximum Gasteiger partial charge on any atom is 0.173 e. The molecule has 1 unspecified atom stereocenters. The number of nitrogens with one attached hydrogen (secondary N) is 1. The SMILES string of the molecule is CC(C)c1cccc(OC(C)c2nnc(C3CCC(C4=NOC5(CCNCC5)C4)CC3)n2C)c1. The van der Waals surface area contributed by atoms with Gasteiger partial charge in [-0.05, 0) is 69.3 Å². The summed E-state index contributed by atoms with van der Waals surface area (Å²) in [6.07, 6.45) is 7.54. The fourth-order valence-corrected chi connectivity index (χ4v) is 5.87. The zero-order chi connectivity index (χ0) is 23.7. The summed E-state index contributed by atoms with van der Waals surface area (Å²) in [4.78, 5) is 5.98. The minimum atomic E-state index is -0.156. The van der Waals surface area contributed by atoms with E-state index in [-0.39, 0.29) is 11.7 Å². The van der Waals surface area contributed by atoms with Crippen molar-refractivity contribution in [3.05, 3.63) is 41.5 Å². The Morgan fingerprint density at radius 2 is 1.79 bits per heavy atom. The van der Waals surface area contributed by atoms with Crippen LogP contribution in [0.5, 0.6) is 5.75 Å². The molecule has 1 atom stereocenters. The normalized spacial score (nSPS) is 25.3. The Bertz CT molecular complexity index is 1020. The van der Waals surface area contributed by atoms with Crippen molar-refractivity contribution in [2.75, 3.05) is 13.1 Å². The molecule has 1 N–H and O–H groups in total. The predicted molar refractivity (Wildman–Crippen MR) is 133 cm³/mol. The first-order valence-corrected chi connectivity index (χ1v) is 13.1. The van der Waals surface area contributed by atoms with Gasteiger partial charge < -0.3 is 19.5 Å². The van der Waals surface area contributed by atoms with E-state index < -0.39 is 0 Å². The molecule has 5 rings (SSSR count). The molecule has 7 heteroatoms. The quantitative estimate of drug-likeness (QED) is 0.631. The molecule has 34 heavy (non-hydrogen) atoms. The number of piperidine rings is 1. The minimum Gasteiger partial charge on any atom is -0.483 e. The van der Waals surface area contributed by atoms with Crippen molar-refractivity contribution in [3.8, 4) is 5.75 Å². The lowest BCUT2D eigenvalue weighted by atomic mass is 9.76. The van der Waals surface area contributed by atoms with Crippen LogP contribution in [0.25, 0.3) is 0 Å². The van der Waals surface area contributed by atoms with E-state index in [1.165, 1.54) is 11.3 Å². The van der Waals surface area contributed by atoms with Gasteiger partial charge in [0, 0.05) is 38.1 Å². The van der Waals surface area contributed by atoms with Crippen LogP contribution in [-0.4, -0.2) is 39.2 Å². The second-order valence-corrected chi connectivity index (χ2v) is 10.8. The lowest BCUT2D eigenvalue weighted by Gasteiger charge is -2.32. The molecule has 1 aliphatic carbocycles. The highest BCUT2D eigenvalue weighted by atomic mass is 16.7. The maximum atomic E-state index is 6.25. The fraction of sp³-hybridized carbons (Fsp3) is 0.667. The summed E-state index contributed by atoms with van der Waals surface area (Å²) in [6.45, 7) is 8.53. The monoisotopic (exact) mass is 465 g/mol. The maximum absolute atomic E-state index is 6.25. The van der Waals surface area contributed by atoms with Crippen LogP contribution in [0, 0.1) is 5.92 Å². The van der Waals surface area contributed by atoms with E-state index in [9.17, 15) is 0 Å². The summed E-state index contributed by atoms with van der Waals surface area (Å²) in [6, 6.07) is 8.35. The molecule has 7 nitrogen and oxygen atoms in total. The van der Waals surface area contributed by atoms with Crippen LogP contribution in [0.15, 0.2) is 29.4 Å². The summed E-state index contributed by atoms with van der Waals surface area (Å²) in [5.74, 6) is 4.31. The largest absolute Gasteiger partial charge is 0.483 e. The second kappa shape index (κ2) is 9.68. The molecule has 184 valence electrons. The van der Waals surface area contributed by atoms with E-state index in [0.29, 0.717) is 17.8 Å². The molecule has 0 bridgehead atoms. The van der Waals surface area contributed by atoms with Crippen molar-refractivity contribution in [2.24, 2.45) is 18.1 Å². The van der Waals surface area contributed by atoms with E-state index in [1.807, 2.05) is 6.07 Å². The Morgan fingerprint density at radius 1 is 1.06 bits per heavy atom. The molecule has 1 saturated heterocycles. The van der Waals surface area contributed by atoms with Gasteiger partial charge in [-0.2, -0.15) is 0 Å². The average molecular weight is 466 g/mol. The predicted octanol–water partition coefficient (Wildman–Crippen LogP) is 5.25. The number of aromatic nitrogens is 3. The fourth-order valence-electron chi connectivity index (χ4n) is 5.87. The van der Waals surface area contributed by atoms with Crippen molar-refractivity contribution in [1.82, 2.24) is 20.1 Å².